The van der Waals surface area contributed by atoms with Crippen molar-refractivity contribution < 1.29 is 32.6 Å². The molecule has 34 heavy (non-hydrogen) atoms. The topological polar surface area (TPSA) is 130 Å². The van der Waals surface area contributed by atoms with E-state index in [4.69, 9.17) is 0 Å². The maximum Gasteiger partial charge on any atom is 0.308 e. The highest BCUT2D eigenvalue weighted by Crippen LogP contribution is 2.31. The first kappa shape index (κ1) is 27.4. The molecule has 2 rings (SSSR count). The molecule has 9 nitrogen and oxygen atoms in total. The van der Waals surface area contributed by atoms with E-state index in [0.29, 0.717) is 22.5 Å². The molecule has 11 heteroatoms. The number of benzene rings is 1. The monoisotopic (exact) mass is 495 g/mol. The summed E-state index contributed by atoms with van der Waals surface area (Å²) in [4.78, 5) is 20.2. The molecule has 2 atom stereocenters. The van der Waals surface area contributed by atoms with E-state index in [1.54, 1.807) is 6.08 Å². The van der Waals surface area contributed by atoms with Crippen LogP contribution in [0.5, 0.6) is 0 Å². The molecule has 0 saturated heterocycles. The molecule has 0 amide bonds. The largest absolute Gasteiger partial charge is 0.469 e. The first-order chi connectivity index (χ1) is 15.8. The van der Waals surface area contributed by atoms with E-state index in [1.165, 1.54) is 44.5 Å². The SMILES string of the molecule is COC(=O)C[C@@H](O)C[C@@H](O)/C=C/c1c(-c2ccc(F)cc2)nc(N(C)S(C)(=O)=O)nc1C(C)C. The number of ether oxygens (including phenoxy) is 1. The lowest BCUT2D eigenvalue weighted by Crippen LogP contribution is -2.27. The summed E-state index contributed by atoms with van der Waals surface area (Å²) in [5, 5.41) is 20.3. The van der Waals surface area contributed by atoms with Gasteiger partial charge in [-0.25, -0.2) is 27.1 Å². The standard InChI is InChI=1S/C23H30FN3O6S/c1-14(2)21-19(11-10-17(28)12-18(29)13-20(30)33-4)22(15-6-8-16(24)9-7-15)26-23(25-21)27(3)34(5,31)32/h6-11,14,17-18,28-29H,12-13H2,1-5H3/b11-10+/t17-,18-/m0/s1. The average molecular weight is 496 g/mol. The van der Waals surface area contributed by atoms with E-state index in [-0.39, 0.29) is 24.7 Å². The van der Waals surface area contributed by atoms with E-state index in [0.717, 1.165) is 10.6 Å². The molecule has 0 radical (unpaired) electrons. The summed E-state index contributed by atoms with van der Waals surface area (Å²) >= 11 is 0. The third-order valence-electron chi connectivity index (χ3n) is 5.04. The lowest BCUT2D eigenvalue weighted by Gasteiger charge is -2.20. The van der Waals surface area contributed by atoms with Crippen molar-refractivity contribution >= 4 is 28.0 Å². The van der Waals surface area contributed by atoms with Crippen molar-refractivity contribution in [3.63, 3.8) is 0 Å². The molecule has 0 spiro atoms. The summed E-state index contributed by atoms with van der Waals surface area (Å²) in [6.07, 6.45) is 1.48. The Kier molecular flexibility index (Phi) is 9.25. The molecule has 0 unspecified atom stereocenters. The molecule has 1 aromatic carbocycles. The minimum Gasteiger partial charge on any atom is -0.469 e. The van der Waals surface area contributed by atoms with Crippen LogP contribution in [0.25, 0.3) is 17.3 Å². The number of halogens is 1. The van der Waals surface area contributed by atoms with Crippen molar-refractivity contribution in [1.29, 1.82) is 0 Å². The van der Waals surface area contributed by atoms with E-state index < -0.39 is 34.0 Å². The molecular formula is C23H30FN3O6S. The summed E-state index contributed by atoms with van der Waals surface area (Å²) < 4.78 is 43.2. The van der Waals surface area contributed by atoms with E-state index in [9.17, 15) is 27.8 Å². The van der Waals surface area contributed by atoms with Gasteiger partial charge in [-0.05, 0) is 30.2 Å². The summed E-state index contributed by atoms with van der Waals surface area (Å²) in [6, 6.07) is 5.55. The molecule has 2 N–H and O–H groups in total. The van der Waals surface area contributed by atoms with Crippen LogP contribution in [-0.2, 0) is 19.6 Å². The first-order valence-corrected chi connectivity index (χ1v) is 12.4. The summed E-state index contributed by atoms with van der Waals surface area (Å²) in [5.41, 5.74) is 1.89. The first-order valence-electron chi connectivity index (χ1n) is 10.6. The second-order valence-electron chi connectivity index (χ2n) is 8.16. The Bertz CT molecular complexity index is 1140. The molecule has 2 aromatic rings. The van der Waals surface area contributed by atoms with Gasteiger partial charge in [0, 0.05) is 24.6 Å². The van der Waals surface area contributed by atoms with E-state index >= 15 is 0 Å². The smallest absolute Gasteiger partial charge is 0.308 e. The molecule has 186 valence electrons. The minimum atomic E-state index is -3.64. The van der Waals surface area contributed by atoms with Crippen LogP contribution in [0.3, 0.4) is 0 Å². The Hall–Kier alpha value is -2.89. The Morgan fingerprint density at radius 1 is 1.21 bits per heavy atom. The Morgan fingerprint density at radius 2 is 1.82 bits per heavy atom. The van der Waals surface area contributed by atoms with Crippen LogP contribution >= 0.6 is 0 Å². The van der Waals surface area contributed by atoms with Crippen molar-refractivity contribution in [3.8, 4) is 11.3 Å². The van der Waals surface area contributed by atoms with Crippen molar-refractivity contribution in [2.24, 2.45) is 0 Å². The number of nitrogens with zero attached hydrogens (tertiary/aromatic N) is 3. The van der Waals surface area contributed by atoms with Crippen LogP contribution in [-0.4, -0.2) is 67.2 Å². The summed E-state index contributed by atoms with van der Waals surface area (Å²) in [6.45, 7) is 3.74. The van der Waals surface area contributed by atoms with Crippen LogP contribution in [0.1, 0.15) is 43.9 Å². The number of anilines is 1. The third-order valence-corrected chi connectivity index (χ3v) is 6.19. The number of aliphatic hydroxyl groups excluding tert-OH is 2. The van der Waals surface area contributed by atoms with Gasteiger partial charge in [0.25, 0.3) is 0 Å². The van der Waals surface area contributed by atoms with Crippen molar-refractivity contribution in [2.45, 2.75) is 44.8 Å². The van der Waals surface area contributed by atoms with Gasteiger partial charge in [0.05, 0.1) is 43.4 Å². The fourth-order valence-electron chi connectivity index (χ4n) is 3.12. The number of carbonyl (C=O) groups is 1. The van der Waals surface area contributed by atoms with Gasteiger partial charge in [-0.1, -0.05) is 26.0 Å². The van der Waals surface area contributed by atoms with Gasteiger partial charge in [0.15, 0.2) is 0 Å². The number of methoxy groups -OCH3 is 1. The maximum atomic E-state index is 13.5. The van der Waals surface area contributed by atoms with Gasteiger partial charge >= 0.3 is 5.97 Å². The quantitative estimate of drug-likeness (QED) is 0.481. The van der Waals surface area contributed by atoms with E-state index in [1.807, 2.05) is 13.8 Å². The predicted molar refractivity (Wildman–Crippen MR) is 127 cm³/mol. The number of hydrogen-bond donors (Lipinski definition) is 2. The molecule has 0 bridgehead atoms. The Labute approximate surface area is 199 Å². The van der Waals surface area contributed by atoms with Gasteiger partial charge < -0.3 is 14.9 Å². The molecule has 0 aliphatic carbocycles. The van der Waals surface area contributed by atoms with Crippen molar-refractivity contribution in [2.75, 3.05) is 24.7 Å². The Morgan fingerprint density at radius 3 is 2.35 bits per heavy atom. The van der Waals surface area contributed by atoms with Crippen LogP contribution in [0, 0.1) is 5.82 Å². The molecule has 1 aromatic heterocycles. The molecule has 0 aliphatic rings. The number of rotatable bonds is 10. The van der Waals surface area contributed by atoms with E-state index in [2.05, 4.69) is 14.7 Å². The molecule has 1 heterocycles. The zero-order valence-corrected chi connectivity index (χ0v) is 20.6. The van der Waals surface area contributed by atoms with Gasteiger partial charge in [-0.15, -0.1) is 0 Å². The average Bonchev–Trinajstić information content (AvgIpc) is 2.76. The minimum absolute atomic E-state index is 0.0447. The fourth-order valence-corrected chi connectivity index (χ4v) is 3.50. The van der Waals surface area contributed by atoms with Gasteiger partial charge in [-0.3, -0.25) is 4.79 Å². The van der Waals surface area contributed by atoms with Gasteiger partial charge in [0.1, 0.15) is 5.82 Å². The molecule has 0 saturated carbocycles. The highest BCUT2D eigenvalue weighted by Gasteiger charge is 2.22. The Balaban J connectivity index is 2.57. The number of aromatic nitrogens is 2. The zero-order chi connectivity index (χ0) is 25.6. The lowest BCUT2D eigenvalue weighted by molar-refractivity contribution is -0.143. The number of carbonyl (C=O) groups excluding carboxylic acids is 1. The highest BCUT2D eigenvalue weighted by molar-refractivity contribution is 7.92. The van der Waals surface area contributed by atoms with Gasteiger partial charge in [-0.2, -0.15) is 0 Å². The number of sulfonamides is 1. The summed E-state index contributed by atoms with van der Waals surface area (Å²) in [7, 11) is -1.10. The van der Waals surface area contributed by atoms with Gasteiger partial charge in [0.2, 0.25) is 16.0 Å². The molecular weight excluding hydrogens is 465 g/mol. The van der Waals surface area contributed by atoms with Crippen LogP contribution < -0.4 is 4.31 Å². The number of esters is 1. The number of aliphatic hydroxyl groups is 2. The third kappa shape index (κ3) is 7.31. The second kappa shape index (κ2) is 11.5. The van der Waals surface area contributed by atoms with Crippen molar-refractivity contribution in [3.05, 3.63) is 47.4 Å². The predicted octanol–water partition coefficient (Wildman–Crippen LogP) is 2.49. The highest BCUT2D eigenvalue weighted by atomic mass is 32.2. The number of hydrogen-bond acceptors (Lipinski definition) is 8. The zero-order valence-electron chi connectivity index (χ0n) is 19.8. The van der Waals surface area contributed by atoms with Crippen LogP contribution in [0.2, 0.25) is 0 Å². The van der Waals surface area contributed by atoms with Crippen LogP contribution in [0.4, 0.5) is 10.3 Å². The normalized spacial score (nSPS) is 13.8. The molecule has 0 aliphatic heterocycles. The lowest BCUT2D eigenvalue weighted by atomic mass is 9.97. The molecule has 0 fully saturated rings. The van der Waals surface area contributed by atoms with Crippen molar-refractivity contribution in [1.82, 2.24) is 9.97 Å². The summed E-state index contributed by atoms with van der Waals surface area (Å²) in [5.74, 6) is -1.24. The fraction of sp³-hybridized carbons (Fsp3) is 0.435. The van der Waals surface area contributed by atoms with Crippen LogP contribution in [0.15, 0.2) is 30.3 Å². The maximum absolute atomic E-state index is 13.5. The second-order valence-corrected chi connectivity index (χ2v) is 10.2.